The molecular weight excluding hydrogens is 152 g/mol. The highest BCUT2D eigenvalue weighted by Gasteiger charge is 2.05. The highest BCUT2D eigenvalue weighted by Crippen LogP contribution is 2.05. The Morgan fingerprint density at radius 3 is 2.67 bits per heavy atom. The van der Waals surface area contributed by atoms with Crippen LogP contribution < -0.4 is 0 Å². The van der Waals surface area contributed by atoms with Gasteiger partial charge >= 0.3 is 0 Å². The highest BCUT2D eigenvalue weighted by molar-refractivity contribution is 5.89. The number of allylic oxidation sites excluding steroid dienone is 2. The predicted octanol–water partition coefficient (Wildman–Crippen LogP) is 2.34. The molecule has 0 N–H and O–H groups in total. The predicted molar refractivity (Wildman–Crippen MR) is 50.1 cm³/mol. The molecule has 0 aliphatic rings. The molecule has 2 nitrogen and oxygen atoms in total. The van der Waals surface area contributed by atoms with Gasteiger partial charge in [0.2, 0.25) is 0 Å². The minimum absolute atomic E-state index is 0.188. The van der Waals surface area contributed by atoms with Gasteiger partial charge in [-0.2, -0.15) is 0 Å². The van der Waals surface area contributed by atoms with Crippen molar-refractivity contribution >= 4 is 5.78 Å². The molecule has 0 fully saturated rings. The summed E-state index contributed by atoms with van der Waals surface area (Å²) in [4.78, 5) is 11.0. The summed E-state index contributed by atoms with van der Waals surface area (Å²) in [5.41, 5.74) is 0. The minimum atomic E-state index is 0.188. The van der Waals surface area contributed by atoms with Crippen LogP contribution in [0.25, 0.3) is 0 Å². The SMILES string of the molecule is C/C=C/C(=O)CCC(CC)OC. The monoisotopic (exact) mass is 170 g/mol. The summed E-state index contributed by atoms with van der Waals surface area (Å²) in [6.45, 7) is 3.92. The largest absolute Gasteiger partial charge is 0.381 e. The third-order valence-corrected chi connectivity index (χ3v) is 1.85. The topological polar surface area (TPSA) is 26.3 Å². The van der Waals surface area contributed by atoms with Crippen molar-refractivity contribution in [1.82, 2.24) is 0 Å². The fourth-order valence-corrected chi connectivity index (χ4v) is 1.06. The van der Waals surface area contributed by atoms with Crippen LogP contribution in [0.2, 0.25) is 0 Å². The number of ether oxygens (including phenoxy) is 1. The van der Waals surface area contributed by atoms with Crippen LogP contribution >= 0.6 is 0 Å². The molecule has 0 amide bonds. The molecule has 2 heteroatoms. The van der Waals surface area contributed by atoms with E-state index in [2.05, 4.69) is 6.92 Å². The first-order valence-corrected chi connectivity index (χ1v) is 4.42. The Hall–Kier alpha value is -0.630. The van der Waals surface area contributed by atoms with E-state index in [1.54, 1.807) is 19.3 Å². The van der Waals surface area contributed by atoms with E-state index in [4.69, 9.17) is 4.74 Å². The van der Waals surface area contributed by atoms with E-state index < -0.39 is 0 Å². The van der Waals surface area contributed by atoms with Crippen LogP contribution in [0.15, 0.2) is 12.2 Å². The van der Waals surface area contributed by atoms with Crippen LogP contribution in [0.1, 0.15) is 33.1 Å². The number of methoxy groups -OCH3 is 1. The van der Waals surface area contributed by atoms with Crippen molar-refractivity contribution in [2.45, 2.75) is 39.2 Å². The Labute approximate surface area is 74.6 Å². The van der Waals surface area contributed by atoms with Crippen molar-refractivity contribution in [2.24, 2.45) is 0 Å². The molecule has 0 aromatic heterocycles. The zero-order chi connectivity index (χ0) is 9.40. The maximum atomic E-state index is 11.0. The Bertz CT molecular complexity index is 146. The summed E-state index contributed by atoms with van der Waals surface area (Å²) in [6.07, 6.45) is 6.02. The number of ketones is 1. The van der Waals surface area contributed by atoms with Crippen molar-refractivity contribution in [3.05, 3.63) is 12.2 Å². The number of rotatable bonds is 6. The third-order valence-electron chi connectivity index (χ3n) is 1.85. The highest BCUT2D eigenvalue weighted by atomic mass is 16.5. The standard InChI is InChI=1S/C10H18O2/c1-4-6-9(11)7-8-10(5-2)12-3/h4,6,10H,5,7-8H2,1-3H3/b6-4+. The normalized spacial score (nSPS) is 13.6. The first kappa shape index (κ1) is 11.4. The van der Waals surface area contributed by atoms with Crippen LogP contribution in [0, 0.1) is 0 Å². The summed E-state index contributed by atoms with van der Waals surface area (Å²) >= 11 is 0. The van der Waals surface area contributed by atoms with Gasteiger partial charge in [-0.05, 0) is 25.8 Å². The zero-order valence-corrected chi connectivity index (χ0v) is 8.17. The number of carbonyl (C=O) groups excluding carboxylic acids is 1. The summed E-state index contributed by atoms with van der Waals surface area (Å²) in [5, 5.41) is 0. The Kier molecular flexibility index (Phi) is 6.67. The summed E-state index contributed by atoms with van der Waals surface area (Å²) < 4.78 is 5.15. The molecule has 0 radical (unpaired) electrons. The summed E-state index contributed by atoms with van der Waals surface area (Å²) in [5.74, 6) is 0.188. The lowest BCUT2D eigenvalue weighted by molar-refractivity contribution is -0.115. The van der Waals surface area contributed by atoms with Gasteiger partial charge in [0, 0.05) is 13.5 Å². The van der Waals surface area contributed by atoms with Crippen molar-refractivity contribution in [3.63, 3.8) is 0 Å². The molecule has 0 saturated heterocycles. The number of hydrogen-bond donors (Lipinski definition) is 0. The van der Waals surface area contributed by atoms with Gasteiger partial charge in [0.15, 0.2) is 5.78 Å². The fourth-order valence-electron chi connectivity index (χ4n) is 1.06. The lowest BCUT2D eigenvalue weighted by atomic mass is 10.1. The number of carbonyl (C=O) groups is 1. The van der Waals surface area contributed by atoms with Crippen LogP contribution in [0.3, 0.4) is 0 Å². The number of hydrogen-bond acceptors (Lipinski definition) is 2. The lowest BCUT2D eigenvalue weighted by Gasteiger charge is -2.10. The van der Waals surface area contributed by atoms with Gasteiger partial charge in [-0.3, -0.25) is 4.79 Å². The second-order valence-corrected chi connectivity index (χ2v) is 2.77. The van der Waals surface area contributed by atoms with Gasteiger partial charge in [-0.1, -0.05) is 13.0 Å². The minimum Gasteiger partial charge on any atom is -0.381 e. The molecule has 0 aliphatic heterocycles. The van der Waals surface area contributed by atoms with Crippen LogP contribution in [0.4, 0.5) is 0 Å². The smallest absolute Gasteiger partial charge is 0.155 e. The molecule has 0 aliphatic carbocycles. The average Bonchev–Trinajstić information content (AvgIpc) is 2.07. The third kappa shape index (κ3) is 5.08. The van der Waals surface area contributed by atoms with E-state index in [0.29, 0.717) is 6.42 Å². The van der Waals surface area contributed by atoms with E-state index in [0.717, 1.165) is 12.8 Å². The van der Waals surface area contributed by atoms with Crippen LogP contribution in [-0.2, 0) is 9.53 Å². The molecule has 1 unspecified atom stereocenters. The fraction of sp³-hybridized carbons (Fsp3) is 0.700. The maximum absolute atomic E-state index is 11.0. The molecule has 0 bridgehead atoms. The molecule has 12 heavy (non-hydrogen) atoms. The van der Waals surface area contributed by atoms with Crippen molar-refractivity contribution in [1.29, 1.82) is 0 Å². The summed E-state index contributed by atoms with van der Waals surface area (Å²) in [6, 6.07) is 0. The van der Waals surface area contributed by atoms with E-state index in [1.165, 1.54) is 0 Å². The molecule has 1 atom stereocenters. The Morgan fingerprint density at radius 1 is 1.58 bits per heavy atom. The van der Waals surface area contributed by atoms with E-state index in [9.17, 15) is 4.79 Å². The van der Waals surface area contributed by atoms with Crippen LogP contribution in [-0.4, -0.2) is 19.0 Å². The molecule has 0 saturated carbocycles. The van der Waals surface area contributed by atoms with Crippen molar-refractivity contribution < 1.29 is 9.53 Å². The van der Waals surface area contributed by atoms with E-state index >= 15 is 0 Å². The summed E-state index contributed by atoms with van der Waals surface area (Å²) in [7, 11) is 1.69. The van der Waals surface area contributed by atoms with Gasteiger partial charge in [0.1, 0.15) is 0 Å². The first-order valence-electron chi connectivity index (χ1n) is 4.42. The quantitative estimate of drug-likeness (QED) is 0.572. The Balaban J connectivity index is 3.58. The van der Waals surface area contributed by atoms with Gasteiger partial charge in [0.25, 0.3) is 0 Å². The molecule has 0 spiro atoms. The van der Waals surface area contributed by atoms with Gasteiger partial charge in [0.05, 0.1) is 6.10 Å². The van der Waals surface area contributed by atoms with Crippen LogP contribution in [0.5, 0.6) is 0 Å². The molecular formula is C10H18O2. The second kappa shape index (κ2) is 7.04. The Morgan fingerprint density at radius 2 is 2.25 bits per heavy atom. The zero-order valence-electron chi connectivity index (χ0n) is 8.17. The van der Waals surface area contributed by atoms with Gasteiger partial charge in [-0.25, -0.2) is 0 Å². The van der Waals surface area contributed by atoms with E-state index in [-0.39, 0.29) is 11.9 Å². The second-order valence-electron chi connectivity index (χ2n) is 2.77. The molecule has 0 rings (SSSR count). The molecule has 0 aromatic carbocycles. The molecule has 0 aromatic rings. The van der Waals surface area contributed by atoms with Gasteiger partial charge in [-0.15, -0.1) is 0 Å². The van der Waals surface area contributed by atoms with Gasteiger partial charge < -0.3 is 4.74 Å². The molecule has 0 heterocycles. The van der Waals surface area contributed by atoms with Crippen molar-refractivity contribution in [3.8, 4) is 0 Å². The maximum Gasteiger partial charge on any atom is 0.155 e. The lowest BCUT2D eigenvalue weighted by Crippen LogP contribution is -2.10. The first-order chi connectivity index (χ1) is 5.74. The molecule has 70 valence electrons. The van der Waals surface area contributed by atoms with Crippen molar-refractivity contribution in [2.75, 3.05) is 7.11 Å². The van der Waals surface area contributed by atoms with E-state index in [1.807, 2.05) is 6.92 Å². The average molecular weight is 170 g/mol.